The van der Waals surface area contributed by atoms with Gasteiger partial charge in [0, 0.05) is 23.5 Å². The Labute approximate surface area is 178 Å². The van der Waals surface area contributed by atoms with Crippen molar-refractivity contribution in [1.29, 1.82) is 0 Å². The molecule has 3 heterocycles. The maximum atomic E-state index is 12.9. The van der Waals surface area contributed by atoms with Gasteiger partial charge in [0.05, 0.1) is 11.7 Å². The van der Waals surface area contributed by atoms with Gasteiger partial charge in [0.25, 0.3) is 5.91 Å². The third-order valence-electron chi connectivity index (χ3n) is 5.21. The summed E-state index contributed by atoms with van der Waals surface area (Å²) in [7, 11) is 0. The lowest BCUT2D eigenvalue weighted by Crippen LogP contribution is -2.19. The number of aryl methyl sites for hydroxylation is 1. The number of thiophene rings is 1. The van der Waals surface area contributed by atoms with Crippen molar-refractivity contribution in [2.45, 2.75) is 58.7 Å². The van der Waals surface area contributed by atoms with E-state index in [-0.39, 0.29) is 23.7 Å². The molecular formula is C21H25N5O3S. The molecule has 8 nitrogen and oxygen atoms in total. The largest absolute Gasteiger partial charge is 0.459 e. The van der Waals surface area contributed by atoms with Gasteiger partial charge in [-0.25, -0.2) is 4.79 Å². The predicted octanol–water partition coefficient (Wildman–Crippen LogP) is 3.73. The summed E-state index contributed by atoms with van der Waals surface area (Å²) in [6.45, 7) is 4.27. The molecule has 0 aliphatic heterocycles. The van der Waals surface area contributed by atoms with E-state index in [2.05, 4.69) is 15.5 Å². The second-order valence-electron chi connectivity index (χ2n) is 7.42. The first kappa shape index (κ1) is 20.3. The molecule has 0 fully saturated rings. The molecule has 1 aliphatic carbocycles. The molecule has 1 amide bonds. The summed E-state index contributed by atoms with van der Waals surface area (Å²) in [6.07, 6.45) is 9.72. The van der Waals surface area contributed by atoms with Crippen LogP contribution in [0.2, 0.25) is 0 Å². The monoisotopic (exact) mass is 427 g/mol. The summed E-state index contributed by atoms with van der Waals surface area (Å²) in [5.41, 5.74) is 1.83. The van der Waals surface area contributed by atoms with Crippen molar-refractivity contribution in [3.05, 3.63) is 52.4 Å². The van der Waals surface area contributed by atoms with Crippen LogP contribution in [-0.2, 0) is 24.2 Å². The number of ether oxygens (including phenoxy) is 1. The van der Waals surface area contributed by atoms with Crippen LogP contribution in [0.15, 0.2) is 30.7 Å². The van der Waals surface area contributed by atoms with Gasteiger partial charge in [-0.05, 0) is 56.7 Å². The molecule has 1 unspecified atom stereocenters. The molecule has 9 heteroatoms. The van der Waals surface area contributed by atoms with Gasteiger partial charge in [-0.1, -0.05) is 6.92 Å². The number of fused-ring (bicyclic) bond motifs is 1. The number of hydrogen-bond donors (Lipinski definition) is 1. The SMILES string of the molecule is CCC(C)OC(=O)c1c(NC(=O)c2ccn(Cn3cccn3)n2)sc2c1CCCC2. The fraction of sp³-hybridized carbons (Fsp3) is 0.429. The Hall–Kier alpha value is -2.94. The van der Waals surface area contributed by atoms with E-state index in [1.165, 1.54) is 11.3 Å². The first-order valence-electron chi connectivity index (χ1n) is 10.2. The van der Waals surface area contributed by atoms with Gasteiger partial charge in [0.2, 0.25) is 0 Å². The zero-order valence-corrected chi connectivity index (χ0v) is 17.9. The van der Waals surface area contributed by atoms with Gasteiger partial charge in [0.1, 0.15) is 11.7 Å². The van der Waals surface area contributed by atoms with Gasteiger partial charge in [-0.15, -0.1) is 11.3 Å². The highest BCUT2D eigenvalue weighted by molar-refractivity contribution is 7.17. The average molecular weight is 428 g/mol. The van der Waals surface area contributed by atoms with Crippen LogP contribution in [0, 0.1) is 0 Å². The number of hydrogen-bond acceptors (Lipinski definition) is 6. The molecule has 0 saturated heterocycles. The first-order valence-corrected chi connectivity index (χ1v) is 11.0. The summed E-state index contributed by atoms with van der Waals surface area (Å²) in [4.78, 5) is 26.9. The summed E-state index contributed by atoms with van der Waals surface area (Å²) in [5.74, 6) is -0.700. The molecule has 30 heavy (non-hydrogen) atoms. The number of carbonyl (C=O) groups is 2. The normalized spacial score (nSPS) is 14.2. The molecule has 3 aromatic rings. The van der Waals surface area contributed by atoms with Gasteiger partial charge in [-0.3, -0.25) is 14.2 Å². The number of rotatable bonds is 7. The molecule has 0 saturated carbocycles. The van der Waals surface area contributed by atoms with Crippen molar-refractivity contribution in [3.63, 3.8) is 0 Å². The minimum atomic E-state index is -0.358. The fourth-order valence-corrected chi connectivity index (χ4v) is 4.73. The minimum Gasteiger partial charge on any atom is -0.459 e. The number of amides is 1. The summed E-state index contributed by atoms with van der Waals surface area (Å²) >= 11 is 1.48. The predicted molar refractivity (Wildman–Crippen MR) is 114 cm³/mol. The van der Waals surface area contributed by atoms with Crippen LogP contribution in [0.25, 0.3) is 0 Å². The van der Waals surface area contributed by atoms with E-state index >= 15 is 0 Å². The molecule has 1 N–H and O–H groups in total. The van der Waals surface area contributed by atoms with E-state index in [0.717, 1.165) is 42.5 Å². The molecule has 158 valence electrons. The number of aromatic nitrogens is 4. The number of anilines is 1. The van der Waals surface area contributed by atoms with Crippen molar-refractivity contribution in [1.82, 2.24) is 19.6 Å². The van der Waals surface area contributed by atoms with Crippen molar-refractivity contribution in [2.24, 2.45) is 0 Å². The van der Waals surface area contributed by atoms with Crippen LogP contribution in [0.1, 0.15) is 64.4 Å². The molecule has 0 bridgehead atoms. The molecule has 1 aliphatic rings. The van der Waals surface area contributed by atoms with Crippen molar-refractivity contribution < 1.29 is 14.3 Å². The lowest BCUT2D eigenvalue weighted by molar-refractivity contribution is 0.0335. The summed E-state index contributed by atoms with van der Waals surface area (Å²) < 4.78 is 8.94. The van der Waals surface area contributed by atoms with Crippen LogP contribution in [0.5, 0.6) is 0 Å². The zero-order chi connectivity index (χ0) is 21.1. The second kappa shape index (κ2) is 8.83. The number of nitrogens with one attached hydrogen (secondary N) is 1. The van der Waals surface area contributed by atoms with Crippen molar-refractivity contribution in [3.8, 4) is 0 Å². The quantitative estimate of drug-likeness (QED) is 0.580. The van der Waals surface area contributed by atoms with Gasteiger partial charge in [0.15, 0.2) is 5.69 Å². The Bertz CT molecular complexity index is 1040. The molecule has 0 spiro atoms. The molecule has 1 atom stereocenters. The Morgan fingerprint density at radius 3 is 2.87 bits per heavy atom. The van der Waals surface area contributed by atoms with Crippen molar-refractivity contribution >= 4 is 28.2 Å². The van der Waals surface area contributed by atoms with E-state index in [1.54, 1.807) is 27.8 Å². The van der Waals surface area contributed by atoms with Crippen LogP contribution >= 0.6 is 11.3 Å². The minimum absolute atomic E-state index is 0.168. The van der Waals surface area contributed by atoms with Gasteiger partial charge in [-0.2, -0.15) is 10.2 Å². The van der Waals surface area contributed by atoms with Gasteiger partial charge < -0.3 is 10.1 Å². The van der Waals surface area contributed by atoms with Crippen LogP contribution in [-0.4, -0.2) is 37.5 Å². The van der Waals surface area contributed by atoms with E-state index in [0.29, 0.717) is 17.2 Å². The fourth-order valence-electron chi connectivity index (χ4n) is 3.46. The van der Waals surface area contributed by atoms with Crippen LogP contribution < -0.4 is 5.32 Å². The molecular weight excluding hydrogens is 402 g/mol. The Morgan fingerprint density at radius 1 is 1.27 bits per heavy atom. The molecule has 3 aromatic heterocycles. The average Bonchev–Trinajstić information content (AvgIpc) is 3.47. The third-order valence-corrected chi connectivity index (χ3v) is 6.42. The van der Waals surface area contributed by atoms with Crippen molar-refractivity contribution in [2.75, 3.05) is 5.32 Å². The van der Waals surface area contributed by atoms with Gasteiger partial charge >= 0.3 is 5.97 Å². The molecule has 4 rings (SSSR count). The highest BCUT2D eigenvalue weighted by atomic mass is 32.1. The standard InChI is InChI=1S/C21H25N5O3S/c1-3-14(2)29-21(28)18-15-7-4-5-8-17(15)30-20(18)23-19(27)16-9-12-26(24-16)13-25-11-6-10-22-25/h6,9-12,14H,3-5,7-8,13H2,1-2H3,(H,23,27). The maximum Gasteiger partial charge on any atom is 0.341 e. The lowest BCUT2D eigenvalue weighted by Gasteiger charge is -2.15. The number of esters is 1. The summed E-state index contributed by atoms with van der Waals surface area (Å²) in [5, 5.41) is 11.9. The van der Waals surface area contributed by atoms with E-state index in [4.69, 9.17) is 4.74 Å². The number of carbonyl (C=O) groups excluding carboxylic acids is 2. The van der Waals surface area contributed by atoms with Crippen LogP contribution in [0.3, 0.4) is 0 Å². The highest BCUT2D eigenvalue weighted by Gasteiger charge is 2.28. The van der Waals surface area contributed by atoms with E-state index in [1.807, 2.05) is 26.1 Å². The Morgan fingerprint density at radius 2 is 2.10 bits per heavy atom. The maximum absolute atomic E-state index is 12.9. The first-order chi connectivity index (χ1) is 14.5. The highest BCUT2D eigenvalue weighted by Crippen LogP contribution is 2.39. The Balaban J connectivity index is 1.55. The van der Waals surface area contributed by atoms with E-state index in [9.17, 15) is 9.59 Å². The third kappa shape index (κ3) is 4.30. The Kier molecular flexibility index (Phi) is 5.98. The van der Waals surface area contributed by atoms with E-state index < -0.39 is 0 Å². The molecule has 0 aromatic carbocycles. The number of nitrogens with zero attached hydrogens (tertiary/aromatic N) is 4. The lowest BCUT2D eigenvalue weighted by atomic mass is 9.95. The van der Waals surface area contributed by atoms with Crippen LogP contribution in [0.4, 0.5) is 5.00 Å². The smallest absolute Gasteiger partial charge is 0.341 e. The summed E-state index contributed by atoms with van der Waals surface area (Å²) in [6, 6.07) is 3.49. The topological polar surface area (TPSA) is 91.0 Å². The second-order valence-corrected chi connectivity index (χ2v) is 8.53. The molecule has 0 radical (unpaired) electrons. The zero-order valence-electron chi connectivity index (χ0n) is 17.1.